The molecule has 8 aliphatic rings. The Morgan fingerprint density at radius 2 is 1.63 bits per heavy atom. The molecule has 7 fully saturated rings. The molecular formula is C53H53FN10O6. The van der Waals surface area contributed by atoms with Gasteiger partial charge in [-0.15, -0.1) is 6.42 Å². The lowest BCUT2D eigenvalue weighted by Gasteiger charge is -2.36. The first-order valence-corrected chi connectivity index (χ1v) is 24.8. The van der Waals surface area contributed by atoms with Crippen molar-refractivity contribution in [1.82, 2.24) is 40.3 Å². The molecule has 2 bridgehead atoms. The highest BCUT2D eigenvalue weighted by Crippen LogP contribution is 2.55. The number of hydrogen-bond acceptors (Lipinski definition) is 14. The van der Waals surface area contributed by atoms with Crippen LogP contribution in [0.4, 0.5) is 15.9 Å². The number of phenolic OH excluding ortho intramolecular Hbond substituents is 1. The van der Waals surface area contributed by atoms with Crippen LogP contribution in [0.15, 0.2) is 54.7 Å². The van der Waals surface area contributed by atoms with Crippen molar-refractivity contribution in [2.75, 3.05) is 81.9 Å². The van der Waals surface area contributed by atoms with E-state index in [0.717, 1.165) is 102 Å². The van der Waals surface area contributed by atoms with E-state index < -0.39 is 35.5 Å². The number of imide groups is 2. The number of aromatic hydroxyl groups is 1. The Bertz CT molecular complexity index is 3090. The van der Waals surface area contributed by atoms with Crippen molar-refractivity contribution in [3.8, 4) is 35.4 Å². The van der Waals surface area contributed by atoms with Crippen LogP contribution in [-0.4, -0.2) is 149 Å². The molecule has 5 aromatic rings. The van der Waals surface area contributed by atoms with Gasteiger partial charge in [0.25, 0.3) is 11.8 Å². The average Bonchev–Trinajstić information content (AvgIpc) is 4.12. The van der Waals surface area contributed by atoms with Crippen LogP contribution >= 0.6 is 0 Å². The third kappa shape index (κ3) is 7.41. The molecule has 0 spiro atoms. The number of phenols is 1. The second-order valence-corrected chi connectivity index (χ2v) is 21.0. The van der Waals surface area contributed by atoms with E-state index in [2.05, 4.69) is 41.1 Å². The number of likely N-dealkylation sites (tertiary alicyclic amines) is 1. The number of carbonyl (C=O) groups is 4. The summed E-state index contributed by atoms with van der Waals surface area (Å²) in [6.45, 7) is 9.50. The van der Waals surface area contributed by atoms with Gasteiger partial charge in [0, 0.05) is 118 Å². The van der Waals surface area contributed by atoms with Gasteiger partial charge in [-0.2, -0.15) is 9.97 Å². The number of benzene rings is 3. The summed E-state index contributed by atoms with van der Waals surface area (Å²) in [5, 5.41) is 18.5. The zero-order valence-corrected chi connectivity index (χ0v) is 38.7. The number of nitrogens with one attached hydrogen (secondary N) is 2. The van der Waals surface area contributed by atoms with Gasteiger partial charge in [0.15, 0.2) is 5.82 Å². The molecule has 358 valence electrons. The monoisotopic (exact) mass is 944 g/mol. The average molecular weight is 945 g/mol. The van der Waals surface area contributed by atoms with Crippen LogP contribution in [-0.2, 0) is 9.59 Å². The fourth-order valence-electron chi connectivity index (χ4n) is 12.7. The Labute approximate surface area is 403 Å². The number of nitrogens with zero attached hydrogens (tertiary/aromatic N) is 8. The molecule has 2 aliphatic carbocycles. The molecule has 70 heavy (non-hydrogen) atoms. The molecule has 2 aromatic heterocycles. The molecular weight excluding hydrogens is 892 g/mol. The number of piperidine rings is 2. The number of amides is 4. The SMILES string of the molecule is C#Cc1cccc2cc(O)cc(-c3ncc4c(N5CC6CCC(C5)N6)nc(OCC5(CN6C[C@@H]7C(CN8CCN(c9ccc%10c(c9)C(=O)N(C9CCC(=O)NC9=O)C%10=O)CC8)[C@@H]7C6)CC5)nc4c3F)c12. The number of fused-ring (bicyclic) bond motifs is 6. The highest BCUT2D eigenvalue weighted by molar-refractivity contribution is 6.23. The summed E-state index contributed by atoms with van der Waals surface area (Å²) in [4.78, 5) is 75.9. The zero-order chi connectivity index (χ0) is 47.6. The molecule has 3 N–H and O–H groups in total. The van der Waals surface area contributed by atoms with E-state index in [9.17, 15) is 24.3 Å². The highest BCUT2D eigenvalue weighted by atomic mass is 19.1. The minimum atomic E-state index is -0.981. The van der Waals surface area contributed by atoms with Crippen LogP contribution in [0.5, 0.6) is 11.8 Å². The van der Waals surface area contributed by atoms with Gasteiger partial charge in [-0.05, 0) is 91.6 Å². The maximum atomic E-state index is 17.1. The molecule has 13 rings (SSSR count). The van der Waals surface area contributed by atoms with E-state index in [4.69, 9.17) is 21.1 Å². The molecule has 8 heterocycles. The first-order valence-electron chi connectivity index (χ1n) is 24.8. The molecule has 6 atom stereocenters. The fraction of sp³-hybridized carbons (Fsp3) is 0.453. The van der Waals surface area contributed by atoms with Crippen molar-refractivity contribution in [3.05, 3.63) is 77.2 Å². The van der Waals surface area contributed by atoms with Crippen molar-refractivity contribution in [2.24, 2.45) is 23.2 Å². The number of anilines is 2. The molecule has 6 aliphatic heterocycles. The summed E-state index contributed by atoms with van der Waals surface area (Å²) in [6.07, 6.45) is 12.0. The van der Waals surface area contributed by atoms with Crippen molar-refractivity contribution >= 4 is 56.8 Å². The summed E-state index contributed by atoms with van der Waals surface area (Å²) in [5.74, 6) is 2.75. The third-order valence-corrected chi connectivity index (χ3v) is 16.6. The van der Waals surface area contributed by atoms with E-state index in [1.807, 2.05) is 18.2 Å². The van der Waals surface area contributed by atoms with Crippen LogP contribution in [0.25, 0.3) is 32.9 Å². The first-order chi connectivity index (χ1) is 34.0. The van der Waals surface area contributed by atoms with Crippen molar-refractivity contribution < 1.29 is 33.4 Å². The Hall–Kier alpha value is -6.74. The lowest BCUT2D eigenvalue weighted by molar-refractivity contribution is -0.136. The third-order valence-electron chi connectivity index (χ3n) is 16.6. The number of piperazine rings is 2. The molecule has 3 aromatic carbocycles. The molecule has 5 saturated heterocycles. The predicted octanol–water partition coefficient (Wildman–Crippen LogP) is 4.17. The topological polar surface area (TPSA) is 177 Å². The van der Waals surface area contributed by atoms with Crippen molar-refractivity contribution in [2.45, 2.75) is 56.7 Å². The van der Waals surface area contributed by atoms with Gasteiger partial charge in [-0.1, -0.05) is 18.1 Å². The maximum absolute atomic E-state index is 17.1. The molecule has 0 radical (unpaired) electrons. The van der Waals surface area contributed by atoms with Gasteiger partial charge in [0.1, 0.15) is 28.8 Å². The van der Waals surface area contributed by atoms with Crippen molar-refractivity contribution in [3.63, 3.8) is 0 Å². The number of ether oxygens (including phenoxy) is 1. The second kappa shape index (κ2) is 16.4. The largest absolute Gasteiger partial charge is 0.508 e. The van der Waals surface area contributed by atoms with Gasteiger partial charge in [-0.3, -0.25) is 39.3 Å². The van der Waals surface area contributed by atoms with Crippen LogP contribution < -0.4 is 25.2 Å². The van der Waals surface area contributed by atoms with E-state index in [-0.39, 0.29) is 41.2 Å². The second-order valence-electron chi connectivity index (χ2n) is 21.0. The Kier molecular flexibility index (Phi) is 10.2. The Morgan fingerprint density at radius 3 is 2.37 bits per heavy atom. The van der Waals surface area contributed by atoms with E-state index in [1.54, 1.807) is 30.5 Å². The summed E-state index contributed by atoms with van der Waals surface area (Å²) in [6, 6.07) is 13.8. The quantitative estimate of drug-likeness (QED) is 0.127. The summed E-state index contributed by atoms with van der Waals surface area (Å²) >= 11 is 0. The lowest BCUT2D eigenvalue weighted by Crippen LogP contribution is -2.54. The highest BCUT2D eigenvalue weighted by Gasteiger charge is 2.57. The number of rotatable bonds is 11. The van der Waals surface area contributed by atoms with E-state index in [1.165, 1.54) is 6.07 Å². The maximum Gasteiger partial charge on any atom is 0.319 e. The summed E-state index contributed by atoms with van der Waals surface area (Å²) in [5.41, 5.74) is 2.62. The first kappa shape index (κ1) is 43.3. The fourth-order valence-corrected chi connectivity index (χ4v) is 12.7. The molecule has 17 heteroatoms. The van der Waals surface area contributed by atoms with Crippen LogP contribution in [0, 0.1) is 41.3 Å². The van der Waals surface area contributed by atoms with Gasteiger partial charge < -0.3 is 29.9 Å². The van der Waals surface area contributed by atoms with Gasteiger partial charge in [0.2, 0.25) is 11.8 Å². The van der Waals surface area contributed by atoms with E-state index in [0.29, 0.717) is 80.7 Å². The number of terminal acetylenes is 1. The minimum absolute atomic E-state index is 0.0119. The van der Waals surface area contributed by atoms with Crippen LogP contribution in [0.2, 0.25) is 0 Å². The molecule has 4 amide bonds. The molecule has 2 saturated carbocycles. The smallest absolute Gasteiger partial charge is 0.319 e. The number of hydrogen-bond donors (Lipinski definition) is 3. The number of pyridine rings is 1. The number of carbonyl (C=O) groups excluding carboxylic acids is 4. The lowest BCUT2D eigenvalue weighted by atomic mass is 9.96. The number of halogens is 1. The summed E-state index contributed by atoms with van der Waals surface area (Å²) < 4.78 is 23.7. The Morgan fingerprint density at radius 1 is 0.857 bits per heavy atom. The van der Waals surface area contributed by atoms with Crippen LogP contribution in [0.3, 0.4) is 0 Å². The van der Waals surface area contributed by atoms with Gasteiger partial charge in [-0.25, -0.2) is 4.39 Å². The van der Waals surface area contributed by atoms with E-state index >= 15 is 4.39 Å². The normalized spacial score (nSPS) is 27.0. The molecule has 16 nitrogen and oxygen atoms in total. The zero-order valence-electron chi connectivity index (χ0n) is 38.7. The summed E-state index contributed by atoms with van der Waals surface area (Å²) in [7, 11) is 0. The predicted molar refractivity (Wildman–Crippen MR) is 258 cm³/mol. The van der Waals surface area contributed by atoms with Gasteiger partial charge >= 0.3 is 6.01 Å². The van der Waals surface area contributed by atoms with Crippen LogP contribution in [0.1, 0.15) is 64.8 Å². The van der Waals surface area contributed by atoms with Crippen molar-refractivity contribution in [1.29, 1.82) is 0 Å². The number of aromatic nitrogens is 3. The minimum Gasteiger partial charge on any atom is -0.508 e. The Balaban J connectivity index is 0.649. The standard InChI is InChI=1S/C53H53FN10O6/c1-2-29-4-3-5-30-18-34(65)20-37(44(29)30)46-45(54)47-38(21-55-46)48(63-22-31-6-7-32(23-63)56-31)59-52(58-47)70-28-53(12-13-53)27-61-25-40-39(41(40)26-61)24-60-14-16-62(17-15-60)33-8-9-35-36(19-33)51(69)64(50(35)68)42-10-11-43(66)57-49(42)67/h1,3-5,8-9,18-21,31-32,39-42,56,65H,6-7,10-17,22-28H2,(H,57,66,67)/t31?,32?,39?,40-,41+,42?. The molecule has 4 unspecified atom stereocenters. The van der Waals surface area contributed by atoms with Gasteiger partial charge in [0.05, 0.1) is 23.1 Å².